The van der Waals surface area contributed by atoms with Crippen LogP contribution in [0.2, 0.25) is 0 Å². The summed E-state index contributed by atoms with van der Waals surface area (Å²) in [6.07, 6.45) is 1.22. The van der Waals surface area contributed by atoms with Crippen molar-refractivity contribution < 1.29 is 18.7 Å². The molecule has 3 heterocycles. The Hall–Kier alpha value is -3.75. The van der Waals surface area contributed by atoms with Gasteiger partial charge >= 0.3 is 6.09 Å². The van der Waals surface area contributed by atoms with Crippen LogP contribution in [0, 0.1) is 12.7 Å². The van der Waals surface area contributed by atoms with Crippen molar-refractivity contribution >= 4 is 34.4 Å². The van der Waals surface area contributed by atoms with Crippen LogP contribution in [0.5, 0.6) is 0 Å². The maximum atomic E-state index is 16.1. The largest absolute Gasteiger partial charge is 0.444 e. The molecule has 9 heteroatoms. The van der Waals surface area contributed by atoms with Gasteiger partial charge in [0, 0.05) is 42.7 Å². The number of benzene rings is 2. The number of nitrogens with zero attached hydrogens (tertiary/aromatic N) is 4. The number of hydrogen-bond acceptors (Lipinski definition) is 6. The number of amides is 2. The first kappa shape index (κ1) is 28.8. The zero-order valence-corrected chi connectivity index (χ0v) is 25.3. The summed E-state index contributed by atoms with van der Waals surface area (Å²) in [5.74, 6) is 0.812. The van der Waals surface area contributed by atoms with E-state index in [2.05, 4.69) is 15.3 Å². The highest BCUT2D eigenvalue weighted by atomic mass is 19.1. The van der Waals surface area contributed by atoms with Gasteiger partial charge in [-0.2, -0.15) is 0 Å². The summed E-state index contributed by atoms with van der Waals surface area (Å²) in [5, 5.41) is 4.20. The molecular weight excluding hydrogens is 521 g/mol. The van der Waals surface area contributed by atoms with Crippen LogP contribution in [0.25, 0.3) is 10.9 Å². The Bertz CT molecular complexity index is 1530. The molecular formula is C32H40FN5O3. The summed E-state index contributed by atoms with van der Waals surface area (Å²) >= 11 is 0. The first-order valence-corrected chi connectivity index (χ1v) is 14.3. The van der Waals surface area contributed by atoms with Gasteiger partial charge in [-0.05, 0) is 84.6 Å². The van der Waals surface area contributed by atoms with Crippen LogP contribution in [-0.2, 0) is 14.9 Å². The molecule has 218 valence electrons. The molecule has 0 radical (unpaired) electrons. The molecule has 5 rings (SSSR count). The van der Waals surface area contributed by atoms with Crippen LogP contribution in [0.1, 0.15) is 88.9 Å². The standard InChI is InChI=1S/C32H40FN5O3/c1-18(21-12-9-13-22(27(21)33)20-11-10-14-38(17-20)30(40)41-31(3,4)5)34-28-23-15-26-24(16-25(23)35-19(2)36-28)32(6,7)29(39)37(26)8/h9,12-13,15-16,18,20H,10-11,14,17H2,1-8H3,(H,34,35,36)/t18-,20?/m1/s1. The van der Waals surface area contributed by atoms with Crippen molar-refractivity contribution in [3.8, 4) is 0 Å². The first-order chi connectivity index (χ1) is 19.2. The number of rotatable bonds is 4. The molecule has 1 aromatic heterocycles. The minimum atomic E-state index is -0.639. The number of ether oxygens (including phenoxy) is 1. The minimum Gasteiger partial charge on any atom is -0.444 e. The van der Waals surface area contributed by atoms with Crippen molar-refractivity contribution in [1.82, 2.24) is 14.9 Å². The fourth-order valence-electron chi connectivity index (χ4n) is 6.04. The van der Waals surface area contributed by atoms with Gasteiger partial charge in [0.1, 0.15) is 23.1 Å². The molecule has 41 heavy (non-hydrogen) atoms. The molecule has 2 amide bonds. The molecule has 3 aromatic rings. The van der Waals surface area contributed by atoms with E-state index in [1.54, 1.807) is 22.9 Å². The van der Waals surface area contributed by atoms with Crippen LogP contribution in [0.4, 0.5) is 20.7 Å². The number of likely N-dealkylation sites (tertiary alicyclic amines) is 1. The van der Waals surface area contributed by atoms with E-state index in [1.165, 1.54) is 0 Å². The van der Waals surface area contributed by atoms with E-state index < -0.39 is 17.1 Å². The second kappa shape index (κ2) is 10.3. The number of anilines is 2. The Balaban J connectivity index is 1.43. The molecule has 2 aromatic carbocycles. The Morgan fingerprint density at radius 1 is 1.22 bits per heavy atom. The van der Waals surface area contributed by atoms with Gasteiger partial charge in [0.05, 0.1) is 17.0 Å². The van der Waals surface area contributed by atoms with E-state index >= 15 is 4.39 Å². The van der Waals surface area contributed by atoms with E-state index in [4.69, 9.17) is 4.74 Å². The molecule has 0 spiro atoms. The lowest BCUT2D eigenvalue weighted by Gasteiger charge is -2.34. The van der Waals surface area contributed by atoms with Gasteiger partial charge in [0.2, 0.25) is 5.91 Å². The summed E-state index contributed by atoms with van der Waals surface area (Å²) < 4.78 is 21.7. The highest BCUT2D eigenvalue weighted by Crippen LogP contribution is 2.44. The average molecular weight is 562 g/mol. The first-order valence-electron chi connectivity index (χ1n) is 14.3. The van der Waals surface area contributed by atoms with E-state index in [-0.39, 0.29) is 23.7 Å². The Labute approximate surface area is 241 Å². The summed E-state index contributed by atoms with van der Waals surface area (Å²) in [5.41, 5.74) is 2.41. The zero-order chi connectivity index (χ0) is 29.9. The third-order valence-electron chi connectivity index (χ3n) is 8.19. The van der Waals surface area contributed by atoms with Gasteiger partial charge in [-0.1, -0.05) is 18.2 Å². The van der Waals surface area contributed by atoms with E-state index in [1.807, 2.05) is 72.7 Å². The predicted molar refractivity (Wildman–Crippen MR) is 159 cm³/mol. The molecule has 0 saturated carbocycles. The van der Waals surface area contributed by atoms with Crippen LogP contribution < -0.4 is 10.2 Å². The lowest BCUT2D eigenvalue weighted by Crippen LogP contribution is -2.42. The molecule has 1 N–H and O–H groups in total. The molecule has 2 aliphatic rings. The number of carbonyl (C=O) groups is 2. The summed E-state index contributed by atoms with van der Waals surface area (Å²) in [6, 6.07) is 8.99. The minimum absolute atomic E-state index is 0.0298. The molecule has 1 unspecified atom stereocenters. The van der Waals surface area contributed by atoms with Gasteiger partial charge in [-0.15, -0.1) is 0 Å². The number of fused-ring (bicyclic) bond motifs is 2. The number of halogens is 1. The van der Waals surface area contributed by atoms with Crippen LogP contribution in [0.3, 0.4) is 0 Å². The van der Waals surface area contributed by atoms with Gasteiger partial charge < -0.3 is 19.9 Å². The van der Waals surface area contributed by atoms with Crippen molar-refractivity contribution in [2.45, 2.75) is 84.3 Å². The quantitative estimate of drug-likeness (QED) is 0.385. The molecule has 2 atom stereocenters. The van der Waals surface area contributed by atoms with Crippen molar-refractivity contribution in [2.24, 2.45) is 0 Å². The molecule has 1 fully saturated rings. The summed E-state index contributed by atoms with van der Waals surface area (Å²) in [7, 11) is 1.78. The molecule has 0 bridgehead atoms. The Morgan fingerprint density at radius 2 is 1.95 bits per heavy atom. The van der Waals surface area contributed by atoms with Gasteiger partial charge in [0.25, 0.3) is 0 Å². The highest BCUT2D eigenvalue weighted by Gasteiger charge is 2.42. The lowest BCUT2D eigenvalue weighted by molar-refractivity contribution is -0.121. The summed E-state index contributed by atoms with van der Waals surface area (Å²) in [4.78, 5) is 38.3. The average Bonchev–Trinajstić information content (AvgIpc) is 3.06. The van der Waals surface area contributed by atoms with Crippen molar-refractivity contribution in [3.63, 3.8) is 0 Å². The third-order valence-corrected chi connectivity index (χ3v) is 8.19. The van der Waals surface area contributed by atoms with E-state index in [0.29, 0.717) is 35.9 Å². The van der Waals surface area contributed by atoms with Gasteiger partial charge in [-0.25, -0.2) is 19.2 Å². The maximum Gasteiger partial charge on any atom is 0.410 e. The zero-order valence-electron chi connectivity index (χ0n) is 25.3. The lowest BCUT2D eigenvalue weighted by atomic mass is 9.85. The van der Waals surface area contributed by atoms with Gasteiger partial charge in [-0.3, -0.25) is 4.79 Å². The molecule has 2 aliphatic heterocycles. The second-order valence-electron chi connectivity index (χ2n) is 12.9. The third kappa shape index (κ3) is 5.34. The summed E-state index contributed by atoms with van der Waals surface area (Å²) in [6.45, 7) is 14.1. The van der Waals surface area contributed by atoms with Crippen LogP contribution in [-0.4, -0.2) is 52.6 Å². The number of hydrogen-bond donors (Lipinski definition) is 1. The molecule has 1 saturated heterocycles. The monoisotopic (exact) mass is 561 g/mol. The molecule has 8 nitrogen and oxygen atoms in total. The SMILES string of the molecule is Cc1nc(N[C@H](C)c2cccc(C3CCCN(C(=O)OC(C)(C)C)C3)c2F)c2cc3c(cc2n1)C(C)(C)C(=O)N3C. The van der Waals surface area contributed by atoms with Crippen molar-refractivity contribution in [2.75, 3.05) is 30.4 Å². The van der Waals surface area contributed by atoms with E-state index in [9.17, 15) is 9.59 Å². The number of carbonyl (C=O) groups excluding carboxylic acids is 2. The van der Waals surface area contributed by atoms with Crippen LogP contribution in [0.15, 0.2) is 30.3 Å². The van der Waals surface area contributed by atoms with Crippen molar-refractivity contribution in [1.29, 1.82) is 0 Å². The number of likely N-dealkylation sites (N-methyl/N-ethyl adjacent to an activating group) is 1. The number of piperidine rings is 1. The van der Waals surface area contributed by atoms with Crippen LogP contribution >= 0.6 is 0 Å². The van der Waals surface area contributed by atoms with Gasteiger partial charge in [0.15, 0.2) is 0 Å². The number of aromatic nitrogens is 2. The normalized spacial score (nSPS) is 19.3. The Morgan fingerprint density at radius 3 is 2.66 bits per heavy atom. The highest BCUT2D eigenvalue weighted by molar-refractivity contribution is 6.10. The predicted octanol–water partition coefficient (Wildman–Crippen LogP) is 6.62. The topological polar surface area (TPSA) is 87.7 Å². The van der Waals surface area contributed by atoms with E-state index in [0.717, 1.165) is 35.0 Å². The number of aryl methyl sites for hydroxylation is 1. The fraction of sp³-hybridized carbons (Fsp3) is 0.500. The second-order valence-corrected chi connectivity index (χ2v) is 12.9. The Kier molecular flexibility index (Phi) is 7.20. The fourth-order valence-corrected chi connectivity index (χ4v) is 6.04. The molecule has 0 aliphatic carbocycles. The smallest absolute Gasteiger partial charge is 0.410 e. The van der Waals surface area contributed by atoms with Crippen molar-refractivity contribution in [3.05, 3.63) is 58.7 Å². The maximum absolute atomic E-state index is 16.1. The number of nitrogens with one attached hydrogen (secondary N) is 1.